The number of halogens is 2. The molecule has 0 radical (unpaired) electrons. The highest BCUT2D eigenvalue weighted by Crippen LogP contribution is 2.31. The Labute approximate surface area is 216 Å². The third kappa shape index (κ3) is 6.55. The number of carbonyl (C=O) groups is 1. The molecule has 9 heteroatoms. The van der Waals surface area contributed by atoms with E-state index in [-0.39, 0.29) is 26.5 Å². The Hall–Kier alpha value is -2.58. The molecule has 3 aromatic carbocycles. The number of hydrogen-bond acceptors (Lipinski definition) is 4. The number of sulfonamides is 1. The normalized spacial score (nSPS) is 16.6. The quantitative estimate of drug-likeness (QED) is 0.376. The summed E-state index contributed by atoms with van der Waals surface area (Å²) in [6, 6.07) is 18.2. The second-order valence-electron chi connectivity index (χ2n) is 8.86. The lowest BCUT2D eigenvalue weighted by Gasteiger charge is -2.30. The number of hydrogen-bond donors (Lipinski definition) is 2. The summed E-state index contributed by atoms with van der Waals surface area (Å²) in [5.41, 5.74) is 2.39. The average molecular weight is 532 g/mol. The number of likely N-dealkylation sites (tertiary alicyclic amines) is 1. The van der Waals surface area contributed by atoms with Crippen LogP contribution in [0.3, 0.4) is 0 Å². The summed E-state index contributed by atoms with van der Waals surface area (Å²) >= 11 is 12.0. The van der Waals surface area contributed by atoms with Crippen molar-refractivity contribution in [2.24, 2.45) is 5.92 Å². The van der Waals surface area contributed by atoms with Gasteiger partial charge in [-0.2, -0.15) is 0 Å². The van der Waals surface area contributed by atoms with Crippen LogP contribution in [0.2, 0.25) is 10.0 Å². The van der Waals surface area contributed by atoms with Gasteiger partial charge in [0.05, 0.1) is 20.6 Å². The molecule has 0 aromatic heterocycles. The maximum atomic E-state index is 12.7. The molecule has 1 aliphatic rings. The van der Waals surface area contributed by atoms with Gasteiger partial charge in [0.1, 0.15) is 0 Å². The highest BCUT2D eigenvalue weighted by molar-refractivity contribution is 7.92. The summed E-state index contributed by atoms with van der Waals surface area (Å²) in [5, 5.41) is 3.18. The number of rotatable bonds is 7. The topological polar surface area (TPSA) is 78.5 Å². The first-order chi connectivity index (χ1) is 16.7. The van der Waals surface area contributed by atoms with E-state index in [2.05, 4.69) is 21.9 Å². The lowest BCUT2D eigenvalue weighted by Crippen LogP contribution is -2.33. The van der Waals surface area contributed by atoms with Gasteiger partial charge in [-0.25, -0.2) is 8.42 Å². The molecular weight excluding hydrogens is 505 g/mol. The van der Waals surface area contributed by atoms with Gasteiger partial charge in [-0.15, -0.1) is 0 Å². The summed E-state index contributed by atoms with van der Waals surface area (Å²) in [6.07, 6.45) is 2.52. The van der Waals surface area contributed by atoms with Gasteiger partial charge in [0.15, 0.2) is 0 Å². The van der Waals surface area contributed by atoms with Crippen molar-refractivity contribution in [3.05, 3.63) is 87.9 Å². The van der Waals surface area contributed by atoms with E-state index in [4.69, 9.17) is 23.2 Å². The minimum absolute atomic E-state index is 0.0305. The van der Waals surface area contributed by atoms with E-state index in [1.165, 1.54) is 48.7 Å². The van der Waals surface area contributed by atoms with E-state index >= 15 is 0 Å². The maximum absolute atomic E-state index is 12.7. The largest absolute Gasteiger partial charge is 0.322 e. The molecule has 0 bridgehead atoms. The van der Waals surface area contributed by atoms with E-state index < -0.39 is 10.0 Å². The SMILES string of the molecule is C[C@H]1CCCN(Cc2ccc(C(=O)Nc3ccc(S(=O)(=O)Nc4cccc(Cl)c4Cl)cc3)cc2)C1. The minimum Gasteiger partial charge on any atom is -0.322 e. The predicted molar refractivity (Wildman–Crippen MR) is 142 cm³/mol. The minimum atomic E-state index is -3.88. The van der Waals surface area contributed by atoms with E-state index in [1.54, 1.807) is 12.1 Å². The van der Waals surface area contributed by atoms with Crippen molar-refractivity contribution in [3.8, 4) is 0 Å². The monoisotopic (exact) mass is 531 g/mol. The van der Waals surface area contributed by atoms with Crippen molar-refractivity contribution in [2.75, 3.05) is 23.1 Å². The third-order valence-electron chi connectivity index (χ3n) is 5.98. The smallest absolute Gasteiger partial charge is 0.261 e. The van der Waals surface area contributed by atoms with Gasteiger partial charge in [-0.05, 0) is 79.4 Å². The molecule has 1 amide bonds. The second kappa shape index (κ2) is 11.0. The van der Waals surface area contributed by atoms with Gasteiger partial charge in [0.25, 0.3) is 15.9 Å². The van der Waals surface area contributed by atoms with E-state index in [9.17, 15) is 13.2 Å². The van der Waals surface area contributed by atoms with Crippen molar-refractivity contribution < 1.29 is 13.2 Å². The number of piperidine rings is 1. The van der Waals surface area contributed by atoms with Crippen molar-refractivity contribution in [3.63, 3.8) is 0 Å². The predicted octanol–water partition coefficient (Wildman–Crippen LogP) is 6.28. The molecule has 1 saturated heterocycles. The Balaban J connectivity index is 1.37. The molecule has 1 aliphatic heterocycles. The molecule has 1 heterocycles. The second-order valence-corrected chi connectivity index (χ2v) is 11.3. The zero-order valence-corrected chi connectivity index (χ0v) is 21.6. The van der Waals surface area contributed by atoms with Crippen molar-refractivity contribution in [1.29, 1.82) is 0 Å². The average Bonchev–Trinajstić information content (AvgIpc) is 2.83. The fourth-order valence-corrected chi connectivity index (χ4v) is 5.63. The Kier molecular flexibility index (Phi) is 8.02. The summed E-state index contributed by atoms with van der Waals surface area (Å²) in [4.78, 5) is 15.2. The van der Waals surface area contributed by atoms with Crippen LogP contribution in [-0.4, -0.2) is 32.3 Å². The Morgan fingerprint density at radius 2 is 1.74 bits per heavy atom. The van der Waals surface area contributed by atoms with Gasteiger partial charge in [-0.3, -0.25) is 14.4 Å². The van der Waals surface area contributed by atoms with Crippen LogP contribution in [0.25, 0.3) is 0 Å². The molecule has 1 fully saturated rings. The standard InChI is InChI=1S/C26H27Cl2N3O3S/c1-18-4-3-15-31(16-18)17-19-7-9-20(10-8-19)26(32)29-21-11-13-22(14-12-21)35(33,34)30-24-6-2-5-23(27)25(24)28/h2,5-14,18,30H,3-4,15-17H2,1H3,(H,29,32)/t18-/m0/s1. The van der Waals surface area contributed by atoms with Gasteiger partial charge >= 0.3 is 0 Å². The first-order valence-corrected chi connectivity index (χ1v) is 13.6. The number of nitrogens with zero attached hydrogens (tertiary/aromatic N) is 1. The third-order valence-corrected chi connectivity index (χ3v) is 8.18. The maximum Gasteiger partial charge on any atom is 0.261 e. The molecule has 0 spiro atoms. The first kappa shape index (κ1) is 25.5. The van der Waals surface area contributed by atoms with Crippen LogP contribution < -0.4 is 10.0 Å². The van der Waals surface area contributed by atoms with Crippen molar-refractivity contribution >= 4 is 50.5 Å². The van der Waals surface area contributed by atoms with Gasteiger partial charge in [0.2, 0.25) is 0 Å². The molecule has 4 rings (SSSR count). The van der Waals surface area contributed by atoms with Crippen LogP contribution in [0.5, 0.6) is 0 Å². The zero-order chi connectivity index (χ0) is 25.0. The molecule has 6 nitrogen and oxygen atoms in total. The number of benzene rings is 3. The van der Waals surface area contributed by atoms with Crippen LogP contribution in [-0.2, 0) is 16.6 Å². The highest BCUT2D eigenvalue weighted by atomic mass is 35.5. The molecule has 0 unspecified atom stereocenters. The van der Waals surface area contributed by atoms with Crippen LogP contribution >= 0.6 is 23.2 Å². The highest BCUT2D eigenvalue weighted by Gasteiger charge is 2.18. The molecule has 0 saturated carbocycles. The molecule has 35 heavy (non-hydrogen) atoms. The number of carbonyl (C=O) groups excluding carboxylic acids is 1. The summed E-state index contributed by atoms with van der Waals surface area (Å²) in [6.45, 7) is 5.39. The number of anilines is 2. The van der Waals surface area contributed by atoms with Crippen molar-refractivity contribution in [2.45, 2.75) is 31.2 Å². The molecular formula is C26H27Cl2N3O3S. The van der Waals surface area contributed by atoms with Crippen LogP contribution in [0.15, 0.2) is 71.6 Å². The van der Waals surface area contributed by atoms with E-state index in [1.807, 2.05) is 24.3 Å². The summed E-state index contributed by atoms with van der Waals surface area (Å²) in [7, 11) is -3.88. The molecule has 0 aliphatic carbocycles. The lowest BCUT2D eigenvalue weighted by atomic mass is 9.99. The molecule has 3 aromatic rings. The van der Waals surface area contributed by atoms with Crippen LogP contribution in [0.4, 0.5) is 11.4 Å². The molecule has 184 valence electrons. The van der Waals surface area contributed by atoms with Gasteiger partial charge in [-0.1, -0.05) is 48.3 Å². The van der Waals surface area contributed by atoms with Crippen LogP contribution in [0, 0.1) is 5.92 Å². The number of nitrogens with one attached hydrogen (secondary N) is 2. The fraction of sp³-hybridized carbons (Fsp3) is 0.269. The Bertz CT molecular complexity index is 1300. The fourth-order valence-electron chi connectivity index (χ4n) is 4.16. The van der Waals surface area contributed by atoms with E-state index in [0.717, 1.165) is 25.6 Å². The van der Waals surface area contributed by atoms with Crippen molar-refractivity contribution in [1.82, 2.24) is 4.90 Å². The lowest BCUT2D eigenvalue weighted by molar-refractivity contribution is 0.102. The van der Waals surface area contributed by atoms with Crippen LogP contribution in [0.1, 0.15) is 35.7 Å². The Morgan fingerprint density at radius 1 is 1.03 bits per heavy atom. The van der Waals surface area contributed by atoms with Gasteiger partial charge in [0, 0.05) is 24.3 Å². The Morgan fingerprint density at radius 3 is 2.43 bits per heavy atom. The van der Waals surface area contributed by atoms with Gasteiger partial charge < -0.3 is 5.32 Å². The zero-order valence-electron chi connectivity index (χ0n) is 19.3. The molecule has 2 N–H and O–H groups in total. The number of amides is 1. The summed E-state index contributed by atoms with van der Waals surface area (Å²) in [5.74, 6) is 0.461. The first-order valence-electron chi connectivity index (χ1n) is 11.4. The molecule has 1 atom stereocenters. The summed E-state index contributed by atoms with van der Waals surface area (Å²) < 4.78 is 27.8. The van der Waals surface area contributed by atoms with E-state index in [0.29, 0.717) is 11.3 Å².